The second-order valence-electron chi connectivity index (χ2n) is 25.9. The molecule has 0 aliphatic rings. The minimum absolute atomic E-state index is 0. The highest BCUT2D eigenvalue weighted by molar-refractivity contribution is 5.71. The summed E-state index contributed by atoms with van der Waals surface area (Å²) in [7, 11) is 0. The number of nitrogens with two attached hydrogens (primary N) is 17. The van der Waals surface area contributed by atoms with Crippen molar-refractivity contribution in [3.05, 3.63) is 328 Å². The molecule has 10 aromatic carbocycles. The SMILES string of the molecule is C.C.C.C.C.C.C.Cc1ccc(N)c(N)c1.Cc1ccc(N)c(N)c1.Cc1ccc(N)c(N)c1.Cc1ccc(N)c(N)c1C.Cc1ccc(N)c(N)n1.Cc1ccc([N+](=O)[O-])c(N)c1.Cc1ccc([N+](=O)[O-])c(N)c1C.Cc1ccc([N+](=O)[O-])c(N)n1.Cc1cccc(N)c1N.Nc1cc(O)ccc1[N+](=O)[O-].Nc1cc(O)ccc1[N+](=O)[O-].O=[N+]([O-])c1c(F)cccc1F. The Kier molecular flexibility index (Phi) is 58.6. The van der Waals surface area contributed by atoms with Gasteiger partial charge in [-0.05, 0) is 223 Å². The minimum Gasteiger partial charge on any atom is -0.508 e. The number of para-hydroxylation sites is 2. The van der Waals surface area contributed by atoms with Gasteiger partial charge in [0.15, 0.2) is 0 Å². The third-order valence-electron chi connectivity index (χ3n) is 16.1. The van der Waals surface area contributed by atoms with Gasteiger partial charge < -0.3 is 108 Å². The Morgan fingerprint density at radius 2 is 0.535 bits per heavy atom. The van der Waals surface area contributed by atoms with Crippen LogP contribution >= 0.6 is 0 Å². The van der Waals surface area contributed by atoms with Gasteiger partial charge in [0.25, 0.3) is 22.7 Å². The number of nitrogen functional groups attached to an aromatic ring is 17. The number of pyridine rings is 2. The summed E-state index contributed by atoms with van der Waals surface area (Å²) < 4.78 is 24.8. The van der Waals surface area contributed by atoms with Crippen LogP contribution < -0.4 is 97.5 Å². The molecule has 0 unspecified atom stereocenters. The van der Waals surface area contributed by atoms with Crippen molar-refractivity contribution in [3.63, 3.8) is 0 Å². The fourth-order valence-corrected chi connectivity index (χ4v) is 8.86. The highest BCUT2D eigenvalue weighted by Crippen LogP contribution is 2.30. The van der Waals surface area contributed by atoms with Gasteiger partial charge in [0.05, 0.1) is 92.1 Å². The first-order valence-electron chi connectivity index (χ1n) is 35.2. The second kappa shape index (κ2) is 60.5. The number of rotatable bonds is 6. The fourth-order valence-electron chi connectivity index (χ4n) is 8.86. The Hall–Kier alpha value is -17.0. The van der Waals surface area contributed by atoms with Gasteiger partial charge in [-0.3, -0.25) is 60.7 Å². The van der Waals surface area contributed by atoms with Crippen LogP contribution in [0, 0.1) is 148 Å². The number of benzene rings is 10. The van der Waals surface area contributed by atoms with E-state index in [-0.39, 0.29) is 120 Å². The molecule has 0 radical (unpaired) electrons. The van der Waals surface area contributed by atoms with E-state index in [1.807, 2.05) is 147 Å². The Morgan fingerprint density at radius 3 is 0.822 bits per heavy atom. The summed E-state index contributed by atoms with van der Waals surface area (Å²) in [5, 5.41) is 78.8. The predicted molar refractivity (Wildman–Crippen MR) is 530 cm³/mol. The van der Waals surface area contributed by atoms with E-state index >= 15 is 0 Å². The van der Waals surface area contributed by atoms with Gasteiger partial charge in [0.2, 0.25) is 17.5 Å². The molecule has 0 atom stereocenters. The van der Waals surface area contributed by atoms with Gasteiger partial charge in [-0.2, -0.15) is 8.78 Å². The maximum atomic E-state index is 12.4. The van der Waals surface area contributed by atoms with Crippen LogP contribution in [-0.2, 0) is 0 Å². The van der Waals surface area contributed by atoms with Crippen LogP contribution in [0.25, 0.3) is 0 Å². The van der Waals surface area contributed by atoms with Gasteiger partial charge in [-0.25, -0.2) is 9.97 Å². The molecule has 0 spiro atoms. The van der Waals surface area contributed by atoms with Crippen LogP contribution in [0.4, 0.5) is 140 Å². The lowest BCUT2D eigenvalue weighted by Crippen LogP contribution is -1.99. The first-order valence-corrected chi connectivity index (χ1v) is 35.2. The van der Waals surface area contributed by atoms with Gasteiger partial charge in [0, 0.05) is 53.9 Å². The standard InChI is InChI=1S/C8H10N2O2.C8H12N2.C7H8N2O2.4C7H10N2.C6H3F2NO2.C6H7N3O2.C6H9N3.2C6H6N2O3.7CH4/c1-5-3-4-7(10(11)12)8(9)6(5)2;1-5-3-4-7(9)8(10)6(5)2;1-5-2-3-7(9(10)11)6(8)4-5;3*1-5-2-3-6(8)7(9)4-5;1-5-3-2-4-6(8)7(5)9;7-4-2-1-3-5(8)6(4)9(10)11;1-4-2-3-5(9(10)11)6(7)8-4;1-4-2-3-5(7)6(8)9-4;2*7-5-3-4(9)1-2-6(5)8(10)11;;;;;;;/h3-4H,9H2,1-2H3;3-4H,9-10H2,1-2H3;2-4H,8H2,1H3;4*2-4H,8-9H2,1H3;1-3H;2-3H,1H3,(H2,7,8);2-3H,7H2,1H3,(H2,8,9);2*1-3,9H,7H2;7*1H4. The third kappa shape index (κ3) is 44.0. The maximum Gasteiger partial charge on any atom is 0.340 e. The number of hydrogen-bond acceptors (Lipinski definition) is 33. The second-order valence-corrected chi connectivity index (χ2v) is 25.9. The molecule has 0 bridgehead atoms. The maximum absolute atomic E-state index is 12.4. The quantitative estimate of drug-likeness (QED) is 0.0418. The van der Waals surface area contributed by atoms with Gasteiger partial charge in [-0.15, -0.1) is 0 Å². The van der Waals surface area contributed by atoms with Crippen LogP contribution in [0.5, 0.6) is 11.5 Å². The third-order valence-corrected chi connectivity index (χ3v) is 16.1. The van der Waals surface area contributed by atoms with Crippen molar-refractivity contribution in [2.75, 3.05) is 97.5 Å². The lowest BCUT2D eigenvalue weighted by molar-refractivity contribution is -0.390. The monoisotopic (exact) mass is 1800 g/mol. The summed E-state index contributed by atoms with van der Waals surface area (Å²) in [5.74, 6) is -2.09. The smallest absolute Gasteiger partial charge is 0.340 e. The zero-order valence-electron chi connectivity index (χ0n) is 68.4. The van der Waals surface area contributed by atoms with E-state index in [0.29, 0.717) is 74.1 Å². The normalized spacial score (nSPS) is 9.03. The minimum atomic E-state index is -1.16. The Labute approximate surface area is 751 Å². The molecule has 39 nitrogen and oxygen atoms in total. The van der Waals surface area contributed by atoms with Gasteiger partial charge in [0.1, 0.15) is 40.1 Å². The number of anilines is 17. The molecule has 704 valence electrons. The Morgan fingerprint density at radius 1 is 0.256 bits per heavy atom. The molecule has 12 rings (SSSR count). The molecule has 0 amide bonds. The fraction of sp³-hybridized carbons (Fsp3) is 0.205. The van der Waals surface area contributed by atoms with Crippen LogP contribution in [0.1, 0.15) is 113 Å². The molecule has 0 saturated carbocycles. The molecule has 2 aromatic heterocycles. The van der Waals surface area contributed by atoms with Gasteiger partial charge in [-0.1, -0.05) is 107 Å². The van der Waals surface area contributed by atoms with Crippen molar-refractivity contribution >= 4 is 131 Å². The van der Waals surface area contributed by atoms with Crippen molar-refractivity contribution < 1.29 is 48.5 Å². The van der Waals surface area contributed by atoms with Crippen molar-refractivity contribution in [1.82, 2.24) is 9.97 Å². The highest BCUT2D eigenvalue weighted by atomic mass is 19.1. The number of phenolic OH excluding ortho intramolecular Hbond substituents is 2. The highest BCUT2D eigenvalue weighted by Gasteiger charge is 2.20. The van der Waals surface area contributed by atoms with E-state index in [9.17, 15) is 69.5 Å². The number of aryl methyl sites for hydroxylation is 9. The Bertz CT molecular complexity index is 5110. The largest absolute Gasteiger partial charge is 0.508 e. The first kappa shape index (κ1) is 125. The molecule has 2 heterocycles. The topological polar surface area (TPSA) is 767 Å². The zero-order chi connectivity index (χ0) is 93.4. The average molecular weight is 1800 g/mol. The van der Waals surface area contributed by atoms with E-state index in [1.165, 1.54) is 35.9 Å². The molecule has 36 N–H and O–H groups in total. The van der Waals surface area contributed by atoms with Crippen molar-refractivity contribution in [1.29, 1.82) is 0 Å². The Balaban J connectivity index is -0.000000251. The number of nitro benzene ring substituents is 5. The molecule has 0 aliphatic carbocycles. The summed E-state index contributed by atoms with van der Waals surface area (Å²) in [6, 6.07) is 50.2. The predicted octanol–water partition coefficient (Wildman–Crippen LogP) is 18.9. The van der Waals surface area contributed by atoms with Crippen molar-refractivity contribution in [2.24, 2.45) is 0 Å². The molecular weight excluding hydrogens is 1670 g/mol. The van der Waals surface area contributed by atoms with Crippen LogP contribution in [0.2, 0.25) is 0 Å². The summed E-state index contributed by atoms with van der Waals surface area (Å²) >= 11 is 0. The van der Waals surface area contributed by atoms with E-state index in [1.54, 1.807) is 50.2 Å². The number of aromatic nitrogens is 2. The molecular formula is C88H129F2N25O14. The average Bonchev–Trinajstić information content (AvgIpc) is 0.838. The van der Waals surface area contributed by atoms with E-state index in [4.69, 9.17) is 108 Å². The van der Waals surface area contributed by atoms with Crippen molar-refractivity contribution in [2.45, 2.75) is 128 Å². The van der Waals surface area contributed by atoms with E-state index in [2.05, 4.69) is 9.97 Å². The van der Waals surface area contributed by atoms with Crippen LogP contribution in [-0.4, -0.2) is 49.7 Å². The lowest BCUT2D eigenvalue weighted by Gasteiger charge is -2.05. The van der Waals surface area contributed by atoms with Crippen LogP contribution in [0.15, 0.2) is 194 Å². The number of hydrogen-bond donors (Lipinski definition) is 19. The van der Waals surface area contributed by atoms with Crippen LogP contribution in [0.3, 0.4) is 0 Å². The number of phenols is 2. The van der Waals surface area contributed by atoms with Gasteiger partial charge >= 0.3 is 11.4 Å². The summed E-state index contributed by atoms with van der Waals surface area (Å²) in [6.45, 7) is 20.9. The molecule has 0 fully saturated rings. The number of halogens is 2. The summed E-state index contributed by atoms with van der Waals surface area (Å²) in [4.78, 5) is 65.1. The first-order chi connectivity index (χ1) is 56.7. The zero-order valence-corrected chi connectivity index (χ0v) is 68.4. The molecule has 41 heteroatoms. The number of aromatic hydroxyl groups is 2. The molecule has 129 heavy (non-hydrogen) atoms. The van der Waals surface area contributed by atoms with E-state index < -0.39 is 46.9 Å². The van der Waals surface area contributed by atoms with E-state index in [0.717, 1.165) is 92.7 Å². The molecule has 0 saturated heterocycles. The summed E-state index contributed by atoms with van der Waals surface area (Å²) in [6.07, 6.45) is 0. The molecule has 0 aliphatic heterocycles. The summed E-state index contributed by atoms with van der Waals surface area (Å²) in [5.41, 5.74) is 110. The van der Waals surface area contributed by atoms with Crippen molar-refractivity contribution in [3.8, 4) is 11.5 Å². The molecule has 12 aromatic rings. The number of nitro groups is 6. The number of nitrogens with zero attached hydrogens (tertiary/aromatic N) is 8. The lowest BCUT2D eigenvalue weighted by atomic mass is 10.1.